The van der Waals surface area contributed by atoms with Crippen LogP contribution in [0.1, 0.15) is 39.0 Å². The molecule has 1 atom stereocenters. The number of likely N-dealkylation sites (tertiary alicyclic amines) is 1. The molecule has 7 nitrogen and oxygen atoms in total. The zero-order valence-corrected chi connectivity index (χ0v) is 15.1. The predicted octanol–water partition coefficient (Wildman–Crippen LogP) is 0.735. The number of hydrogen-bond donors (Lipinski definition) is 2. The molecule has 3 N–H and O–H groups in total. The molecule has 2 heterocycles. The number of amides is 1. The first-order valence-corrected chi connectivity index (χ1v) is 9.03. The standard InChI is InChI=1S/C17H32N4O3/c1-3-19-16(20-13-17(23-2)6-9-24-10-7-17)21-8-4-5-14(12-21)11-15(18)22/h14H,3-13H2,1-2H3,(H2,18,22)(H,19,20). The summed E-state index contributed by atoms with van der Waals surface area (Å²) in [4.78, 5) is 18.3. The SMILES string of the molecule is CCNC(=NCC1(OC)CCOCC1)N1CCCC(CC(N)=O)C1. The molecule has 2 fully saturated rings. The van der Waals surface area contributed by atoms with E-state index < -0.39 is 0 Å². The average molecular weight is 340 g/mol. The highest BCUT2D eigenvalue weighted by Crippen LogP contribution is 2.25. The molecule has 0 spiro atoms. The first-order valence-electron chi connectivity index (χ1n) is 9.03. The van der Waals surface area contributed by atoms with E-state index in [0.717, 1.165) is 64.5 Å². The number of rotatable bonds is 6. The Kier molecular flexibility index (Phi) is 7.30. The Labute approximate surface area is 145 Å². The van der Waals surface area contributed by atoms with Gasteiger partial charge in [0.2, 0.25) is 5.91 Å². The number of nitrogens with zero attached hydrogens (tertiary/aromatic N) is 2. The molecule has 2 aliphatic rings. The van der Waals surface area contributed by atoms with Gasteiger partial charge in [0.15, 0.2) is 5.96 Å². The highest BCUT2D eigenvalue weighted by Gasteiger charge is 2.33. The van der Waals surface area contributed by atoms with Gasteiger partial charge in [0.05, 0.1) is 12.1 Å². The van der Waals surface area contributed by atoms with Crippen LogP contribution in [-0.4, -0.2) is 68.9 Å². The normalized spacial score (nSPS) is 24.7. The predicted molar refractivity (Wildman–Crippen MR) is 93.9 cm³/mol. The smallest absolute Gasteiger partial charge is 0.217 e. The Morgan fingerprint density at radius 3 is 2.83 bits per heavy atom. The lowest BCUT2D eigenvalue weighted by Crippen LogP contribution is -2.48. The summed E-state index contributed by atoms with van der Waals surface area (Å²) < 4.78 is 11.2. The molecule has 0 aromatic rings. The van der Waals surface area contributed by atoms with E-state index in [-0.39, 0.29) is 11.5 Å². The van der Waals surface area contributed by atoms with Crippen molar-refractivity contribution in [3.63, 3.8) is 0 Å². The second-order valence-electron chi connectivity index (χ2n) is 6.79. The summed E-state index contributed by atoms with van der Waals surface area (Å²) in [5.41, 5.74) is 5.14. The topological polar surface area (TPSA) is 89.2 Å². The third kappa shape index (κ3) is 5.34. The van der Waals surface area contributed by atoms with E-state index >= 15 is 0 Å². The van der Waals surface area contributed by atoms with Gasteiger partial charge in [0.1, 0.15) is 0 Å². The second-order valence-corrected chi connectivity index (χ2v) is 6.79. The fourth-order valence-electron chi connectivity index (χ4n) is 3.52. The molecule has 2 saturated heterocycles. The van der Waals surface area contributed by atoms with Gasteiger partial charge in [0, 0.05) is 59.2 Å². The van der Waals surface area contributed by atoms with Crippen LogP contribution in [0.25, 0.3) is 0 Å². The number of carbonyl (C=O) groups excluding carboxylic acids is 1. The Bertz CT molecular complexity index is 436. The molecule has 1 amide bonds. The quantitative estimate of drug-likeness (QED) is 0.550. The van der Waals surface area contributed by atoms with E-state index in [1.165, 1.54) is 0 Å². The minimum Gasteiger partial charge on any atom is -0.381 e. The number of nitrogens with two attached hydrogens (primary N) is 1. The van der Waals surface area contributed by atoms with Crippen LogP contribution in [-0.2, 0) is 14.3 Å². The van der Waals surface area contributed by atoms with E-state index in [1.807, 2.05) is 0 Å². The van der Waals surface area contributed by atoms with Crippen molar-refractivity contribution < 1.29 is 14.3 Å². The minimum absolute atomic E-state index is 0.218. The lowest BCUT2D eigenvalue weighted by molar-refractivity contribution is -0.119. The number of ether oxygens (including phenoxy) is 2. The molecular weight excluding hydrogens is 308 g/mol. The van der Waals surface area contributed by atoms with E-state index in [9.17, 15) is 4.79 Å². The second kappa shape index (κ2) is 9.22. The number of hydrogen-bond acceptors (Lipinski definition) is 4. The first kappa shape index (κ1) is 19.0. The zero-order chi connectivity index (χ0) is 17.4. The lowest BCUT2D eigenvalue weighted by atomic mass is 9.94. The third-order valence-corrected chi connectivity index (χ3v) is 5.00. The van der Waals surface area contributed by atoms with Crippen LogP contribution in [0.5, 0.6) is 0 Å². The summed E-state index contributed by atoms with van der Waals surface area (Å²) in [7, 11) is 1.76. The van der Waals surface area contributed by atoms with Crippen molar-refractivity contribution in [2.45, 2.75) is 44.6 Å². The van der Waals surface area contributed by atoms with Crippen LogP contribution in [0, 0.1) is 5.92 Å². The highest BCUT2D eigenvalue weighted by molar-refractivity contribution is 5.80. The highest BCUT2D eigenvalue weighted by atomic mass is 16.5. The van der Waals surface area contributed by atoms with Crippen LogP contribution in [0.4, 0.5) is 0 Å². The number of methoxy groups -OCH3 is 1. The molecule has 0 aromatic heterocycles. The van der Waals surface area contributed by atoms with E-state index in [1.54, 1.807) is 7.11 Å². The van der Waals surface area contributed by atoms with Crippen molar-refractivity contribution in [1.82, 2.24) is 10.2 Å². The number of carbonyl (C=O) groups is 1. The van der Waals surface area contributed by atoms with Gasteiger partial charge in [-0.2, -0.15) is 0 Å². The van der Waals surface area contributed by atoms with Gasteiger partial charge >= 0.3 is 0 Å². The van der Waals surface area contributed by atoms with Crippen LogP contribution in [0.3, 0.4) is 0 Å². The van der Waals surface area contributed by atoms with Crippen molar-refractivity contribution in [2.24, 2.45) is 16.6 Å². The molecule has 0 aromatic carbocycles. The Morgan fingerprint density at radius 2 is 2.21 bits per heavy atom. The Balaban J connectivity index is 2.02. The van der Waals surface area contributed by atoms with Gasteiger partial charge in [-0.15, -0.1) is 0 Å². The molecule has 0 saturated carbocycles. The van der Waals surface area contributed by atoms with E-state index in [4.69, 9.17) is 20.2 Å². The number of aliphatic imine (C=N–C) groups is 1. The number of piperidine rings is 1. The molecule has 7 heteroatoms. The Morgan fingerprint density at radius 1 is 1.46 bits per heavy atom. The van der Waals surface area contributed by atoms with E-state index in [0.29, 0.717) is 18.9 Å². The van der Waals surface area contributed by atoms with E-state index in [2.05, 4.69) is 17.1 Å². The fraction of sp³-hybridized carbons (Fsp3) is 0.882. The molecule has 24 heavy (non-hydrogen) atoms. The summed E-state index contributed by atoms with van der Waals surface area (Å²) in [5.74, 6) is 1.01. The average Bonchev–Trinajstić information content (AvgIpc) is 2.59. The first-order chi connectivity index (χ1) is 11.6. The van der Waals surface area contributed by atoms with Crippen molar-refractivity contribution >= 4 is 11.9 Å². The summed E-state index contributed by atoms with van der Waals surface area (Å²) in [6.45, 7) is 6.77. The zero-order valence-electron chi connectivity index (χ0n) is 15.1. The third-order valence-electron chi connectivity index (χ3n) is 5.00. The molecule has 0 radical (unpaired) electrons. The molecule has 2 rings (SSSR count). The largest absolute Gasteiger partial charge is 0.381 e. The monoisotopic (exact) mass is 340 g/mol. The maximum Gasteiger partial charge on any atom is 0.217 e. The van der Waals surface area contributed by atoms with Crippen LogP contribution in [0.15, 0.2) is 4.99 Å². The lowest BCUT2D eigenvalue weighted by Gasteiger charge is -2.37. The molecule has 0 aliphatic carbocycles. The summed E-state index contributed by atoms with van der Waals surface area (Å²) in [6, 6.07) is 0. The van der Waals surface area contributed by atoms with Gasteiger partial charge < -0.3 is 25.4 Å². The molecule has 0 bridgehead atoms. The summed E-state index contributed by atoms with van der Waals surface area (Å²) in [6.07, 6.45) is 4.31. The van der Waals surface area contributed by atoms with Crippen LogP contribution in [0.2, 0.25) is 0 Å². The van der Waals surface area contributed by atoms with Gasteiger partial charge in [-0.1, -0.05) is 0 Å². The van der Waals surface area contributed by atoms with Crippen molar-refractivity contribution in [3.8, 4) is 0 Å². The van der Waals surface area contributed by atoms with Gasteiger partial charge in [-0.3, -0.25) is 9.79 Å². The van der Waals surface area contributed by atoms with Crippen molar-refractivity contribution in [2.75, 3.05) is 46.5 Å². The number of primary amides is 1. The number of guanidine groups is 1. The van der Waals surface area contributed by atoms with Gasteiger partial charge in [0.25, 0.3) is 0 Å². The van der Waals surface area contributed by atoms with Crippen molar-refractivity contribution in [1.29, 1.82) is 0 Å². The molecular formula is C17H32N4O3. The maximum atomic E-state index is 11.2. The minimum atomic E-state index is -0.221. The van der Waals surface area contributed by atoms with Gasteiger partial charge in [-0.25, -0.2) is 0 Å². The maximum absolute atomic E-state index is 11.2. The summed E-state index contributed by atoms with van der Waals surface area (Å²) in [5, 5.41) is 3.38. The molecule has 2 aliphatic heterocycles. The van der Waals surface area contributed by atoms with Gasteiger partial charge in [-0.05, 0) is 25.7 Å². The van der Waals surface area contributed by atoms with Crippen molar-refractivity contribution in [3.05, 3.63) is 0 Å². The molecule has 138 valence electrons. The Hall–Kier alpha value is -1.34. The molecule has 1 unspecified atom stereocenters. The summed E-state index contributed by atoms with van der Waals surface area (Å²) >= 11 is 0. The number of nitrogens with one attached hydrogen (secondary N) is 1. The van der Waals surface area contributed by atoms with Crippen LogP contribution >= 0.6 is 0 Å². The van der Waals surface area contributed by atoms with Crippen LogP contribution < -0.4 is 11.1 Å². The fourth-order valence-corrected chi connectivity index (χ4v) is 3.52.